The van der Waals surface area contributed by atoms with Crippen LogP contribution < -0.4 is 11.2 Å². The van der Waals surface area contributed by atoms with Gasteiger partial charge in [0, 0.05) is 18.7 Å². The molecular weight excluding hydrogens is 331 g/mol. The fraction of sp³-hybridized carbons (Fsp3) is 0.412. The maximum Gasteiger partial charge on any atom is 0.330 e. The van der Waals surface area contributed by atoms with Gasteiger partial charge in [-0.3, -0.25) is 14.3 Å². The SMILES string of the molecule is O=c1ccn([C@@H]2O[C@](CF)(COCc3ccccc3)C[C@H]2O)c(=O)[nH]1. The largest absolute Gasteiger partial charge is 0.388 e. The van der Waals surface area contributed by atoms with Crippen molar-refractivity contribution >= 4 is 0 Å². The van der Waals surface area contributed by atoms with E-state index in [0.29, 0.717) is 0 Å². The third-order valence-corrected chi connectivity index (χ3v) is 4.13. The summed E-state index contributed by atoms with van der Waals surface area (Å²) in [6.07, 6.45) is -0.983. The van der Waals surface area contributed by atoms with Gasteiger partial charge in [-0.1, -0.05) is 30.3 Å². The van der Waals surface area contributed by atoms with E-state index in [2.05, 4.69) is 4.98 Å². The molecule has 1 aliphatic heterocycles. The zero-order chi connectivity index (χ0) is 17.9. The first-order valence-corrected chi connectivity index (χ1v) is 7.88. The maximum atomic E-state index is 13.6. The molecule has 134 valence electrons. The van der Waals surface area contributed by atoms with E-state index in [4.69, 9.17) is 9.47 Å². The molecule has 3 rings (SSSR count). The van der Waals surface area contributed by atoms with Crippen molar-refractivity contribution in [2.24, 2.45) is 0 Å². The molecule has 0 radical (unpaired) electrons. The highest BCUT2D eigenvalue weighted by molar-refractivity contribution is 5.13. The van der Waals surface area contributed by atoms with E-state index in [-0.39, 0.29) is 19.6 Å². The summed E-state index contributed by atoms with van der Waals surface area (Å²) in [7, 11) is 0. The van der Waals surface area contributed by atoms with Gasteiger partial charge in [0.05, 0.1) is 13.2 Å². The fourth-order valence-corrected chi connectivity index (χ4v) is 2.88. The van der Waals surface area contributed by atoms with Crippen molar-refractivity contribution in [3.05, 3.63) is 69.0 Å². The van der Waals surface area contributed by atoms with E-state index >= 15 is 0 Å². The molecule has 2 aromatic rings. The average Bonchev–Trinajstić information content (AvgIpc) is 2.93. The summed E-state index contributed by atoms with van der Waals surface area (Å²) in [5, 5.41) is 10.2. The summed E-state index contributed by atoms with van der Waals surface area (Å²) in [6, 6.07) is 10.5. The first kappa shape index (κ1) is 17.5. The van der Waals surface area contributed by atoms with Crippen LogP contribution in [-0.4, -0.2) is 39.6 Å². The van der Waals surface area contributed by atoms with Gasteiger partial charge in [0.25, 0.3) is 5.56 Å². The normalized spacial score (nSPS) is 26.0. The number of hydrogen-bond acceptors (Lipinski definition) is 5. The highest BCUT2D eigenvalue weighted by Crippen LogP contribution is 2.37. The second-order valence-electron chi connectivity index (χ2n) is 6.09. The van der Waals surface area contributed by atoms with Crippen LogP contribution in [0.1, 0.15) is 18.2 Å². The lowest BCUT2D eigenvalue weighted by Crippen LogP contribution is -2.38. The van der Waals surface area contributed by atoms with Gasteiger partial charge in [0.15, 0.2) is 6.23 Å². The summed E-state index contributed by atoms with van der Waals surface area (Å²) in [5.74, 6) is 0. The van der Waals surface area contributed by atoms with Gasteiger partial charge in [-0.25, -0.2) is 9.18 Å². The second kappa shape index (κ2) is 7.30. The zero-order valence-electron chi connectivity index (χ0n) is 13.4. The number of aromatic nitrogens is 2. The molecular formula is C17H19FN2O5. The molecule has 1 fully saturated rings. The van der Waals surface area contributed by atoms with Crippen molar-refractivity contribution in [3.8, 4) is 0 Å². The molecule has 0 aliphatic carbocycles. The molecule has 0 unspecified atom stereocenters. The standard InChI is InChI=1S/C17H19FN2O5/c18-10-17(11-24-9-12-4-2-1-3-5-12)8-13(21)15(25-17)20-7-6-14(22)19-16(20)23/h1-7,13,15,21H,8-11H2,(H,19,22,23)/t13-,15-,17-/m1/s1. The molecule has 8 heteroatoms. The van der Waals surface area contributed by atoms with Gasteiger partial charge >= 0.3 is 5.69 Å². The van der Waals surface area contributed by atoms with Crippen LogP contribution in [0.5, 0.6) is 0 Å². The van der Waals surface area contributed by atoms with Crippen LogP contribution in [-0.2, 0) is 16.1 Å². The van der Waals surface area contributed by atoms with Crippen molar-refractivity contribution in [2.45, 2.75) is 31.0 Å². The minimum absolute atomic E-state index is 0.0193. The molecule has 1 aromatic carbocycles. The summed E-state index contributed by atoms with van der Waals surface area (Å²) in [4.78, 5) is 25.1. The maximum absolute atomic E-state index is 13.6. The van der Waals surface area contributed by atoms with E-state index in [9.17, 15) is 19.1 Å². The van der Waals surface area contributed by atoms with Crippen LogP contribution in [0.4, 0.5) is 4.39 Å². The zero-order valence-corrected chi connectivity index (χ0v) is 13.4. The third kappa shape index (κ3) is 3.87. The first-order chi connectivity index (χ1) is 12.0. The number of alkyl halides is 1. The van der Waals surface area contributed by atoms with Crippen molar-refractivity contribution in [3.63, 3.8) is 0 Å². The molecule has 0 bridgehead atoms. The Morgan fingerprint density at radius 3 is 2.76 bits per heavy atom. The van der Waals surface area contributed by atoms with E-state index < -0.39 is 35.9 Å². The molecule has 25 heavy (non-hydrogen) atoms. The minimum Gasteiger partial charge on any atom is -0.388 e. The lowest BCUT2D eigenvalue weighted by molar-refractivity contribution is -0.132. The lowest BCUT2D eigenvalue weighted by atomic mass is 10.0. The monoisotopic (exact) mass is 350 g/mol. The average molecular weight is 350 g/mol. The molecule has 0 saturated carbocycles. The third-order valence-electron chi connectivity index (χ3n) is 4.13. The van der Waals surface area contributed by atoms with Crippen molar-refractivity contribution in [1.82, 2.24) is 9.55 Å². The van der Waals surface area contributed by atoms with E-state index in [1.54, 1.807) is 0 Å². The minimum atomic E-state index is -1.34. The molecule has 0 amide bonds. The number of benzene rings is 1. The van der Waals surface area contributed by atoms with Gasteiger partial charge in [-0.2, -0.15) is 0 Å². The van der Waals surface area contributed by atoms with Gasteiger partial charge in [-0.05, 0) is 5.56 Å². The number of nitrogens with one attached hydrogen (secondary N) is 1. The topological polar surface area (TPSA) is 93.5 Å². The van der Waals surface area contributed by atoms with Gasteiger partial charge < -0.3 is 14.6 Å². The Balaban J connectivity index is 1.70. The lowest BCUT2D eigenvalue weighted by Gasteiger charge is -2.26. The summed E-state index contributed by atoms with van der Waals surface area (Å²) in [5.41, 5.74) is -1.69. The number of ether oxygens (including phenoxy) is 2. The molecule has 0 spiro atoms. The molecule has 7 nitrogen and oxygen atoms in total. The number of nitrogens with zero attached hydrogens (tertiary/aromatic N) is 1. The first-order valence-electron chi connectivity index (χ1n) is 7.88. The Kier molecular flexibility index (Phi) is 5.12. The van der Waals surface area contributed by atoms with Crippen LogP contribution >= 0.6 is 0 Å². The molecule has 1 aromatic heterocycles. The Bertz CT molecular complexity index is 822. The van der Waals surface area contributed by atoms with Crippen molar-refractivity contribution < 1.29 is 19.0 Å². The number of halogens is 1. The molecule has 2 heterocycles. The van der Waals surface area contributed by atoms with E-state index in [1.165, 1.54) is 6.20 Å². The van der Waals surface area contributed by atoms with E-state index in [1.807, 2.05) is 30.3 Å². The Morgan fingerprint density at radius 1 is 1.32 bits per heavy atom. The van der Waals surface area contributed by atoms with Gasteiger partial charge in [0.1, 0.15) is 18.4 Å². The number of hydrogen-bond donors (Lipinski definition) is 2. The molecule has 2 N–H and O–H groups in total. The highest BCUT2D eigenvalue weighted by atomic mass is 19.1. The predicted molar refractivity (Wildman–Crippen MR) is 86.9 cm³/mol. The Morgan fingerprint density at radius 2 is 2.08 bits per heavy atom. The summed E-state index contributed by atoms with van der Waals surface area (Å²) >= 11 is 0. The highest BCUT2D eigenvalue weighted by Gasteiger charge is 2.47. The Hall–Kier alpha value is -2.29. The summed E-state index contributed by atoms with van der Waals surface area (Å²) < 4.78 is 25.9. The summed E-state index contributed by atoms with van der Waals surface area (Å²) in [6.45, 7) is -0.650. The second-order valence-corrected chi connectivity index (χ2v) is 6.09. The number of H-pyrrole nitrogens is 1. The van der Waals surface area contributed by atoms with E-state index in [0.717, 1.165) is 16.2 Å². The van der Waals surface area contributed by atoms with Crippen molar-refractivity contribution in [1.29, 1.82) is 0 Å². The molecule has 1 saturated heterocycles. The van der Waals surface area contributed by atoms with Crippen molar-refractivity contribution in [2.75, 3.05) is 13.3 Å². The predicted octanol–water partition coefficient (Wildman–Crippen LogP) is 0.741. The number of aliphatic hydroxyl groups is 1. The quantitative estimate of drug-likeness (QED) is 0.802. The van der Waals surface area contributed by atoms with Crippen LogP contribution in [0.15, 0.2) is 52.2 Å². The number of aliphatic hydroxyl groups excluding tert-OH is 1. The number of aromatic amines is 1. The Labute approximate surface area is 142 Å². The van der Waals surface area contributed by atoms with Gasteiger partial charge in [-0.15, -0.1) is 0 Å². The fourth-order valence-electron chi connectivity index (χ4n) is 2.88. The van der Waals surface area contributed by atoms with Crippen LogP contribution in [0.25, 0.3) is 0 Å². The van der Waals surface area contributed by atoms with Crippen LogP contribution in [0, 0.1) is 0 Å². The van der Waals surface area contributed by atoms with Crippen LogP contribution in [0.2, 0.25) is 0 Å². The molecule has 3 atom stereocenters. The van der Waals surface area contributed by atoms with Gasteiger partial charge in [0.2, 0.25) is 0 Å². The smallest absolute Gasteiger partial charge is 0.330 e. The number of rotatable bonds is 6. The molecule has 1 aliphatic rings. The van der Waals surface area contributed by atoms with Crippen LogP contribution in [0.3, 0.4) is 0 Å².